The second-order valence-electron chi connectivity index (χ2n) is 4.08. The van der Waals surface area contributed by atoms with E-state index < -0.39 is 0 Å². The van der Waals surface area contributed by atoms with Crippen LogP contribution in [-0.2, 0) is 0 Å². The largest absolute Gasteiger partial charge is 0.383 e. The zero-order valence-corrected chi connectivity index (χ0v) is 7.76. The lowest BCUT2D eigenvalue weighted by atomic mass is 9.85. The molecule has 0 saturated carbocycles. The molecular formula is C10H14N2. The van der Waals surface area contributed by atoms with Gasteiger partial charge in [0, 0.05) is 12.2 Å². The molecule has 64 valence electrons. The van der Waals surface area contributed by atoms with Gasteiger partial charge < -0.3 is 5.32 Å². The summed E-state index contributed by atoms with van der Waals surface area (Å²) in [5, 5.41) is 11.8. The van der Waals surface area contributed by atoms with Crippen molar-refractivity contribution in [3.63, 3.8) is 0 Å². The zero-order chi connectivity index (χ0) is 9.19. The maximum absolute atomic E-state index is 8.57. The molecule has 1 N–H and O–H groups in total. The van der Waals surface area contributed by atoms with E-state index in [9.17, 15) is 0 Å². The molecule has 12 heavy (non-hydrogen) atoms. The van der Waals surface area contributed by atoms with Gasteiger partial charge in [0.1, 0.15) is 6.07 Å². The molecular weight excluding hydrogens is 148 g/mol. The summed E-state index contributed by atoms with van der Waals surface area (Å²) in [6.07, 6.45) is 5.68. The zero-order valence-electron chi connectivity index (χ0n) is 7.76. The molecule has 1 aliphatic heterocycles. The summed E-state index contributed by atoms with van der Waals surface area (Å²) in [4.78, 5) is 0. The van der Waals surface area contributed by atoms with Crippen molar-refractivity contribution in [3.8, 4) is 6.07 Å². The van der Waals surface area contributed by atoms with Gasteiger partial charge in [-0.05, 0) is 11.5 Å². The van der Waals surface area contributed by atoms with Crippen LogP contribution in [0.2, 0.25) is 0 Å². The van der Waals surface area contributed by atoms with Gasteiger partial charge in [-0.1, -0.05) is 26.8 Å². The Morgan fingerprint density at radius 2 is 2.17 bits per heavy atom. The average Bonchev–Trinajstić information content (AvgIpc) is 2.03. The van der Waals surface area contributed by atoms with Gasteiger partial charge in [0.25, 0.3) is 0 Å². The van der Waals surface area contributed by atoms with Crippen LogP contribution in [0.5, 0.6) is 0 Å². The van der Waals surface area contributed by atoms with Crippen molar-refractivity contribution in [3.05, 3.63) is 23.9 Å². The minimum atomic E-state index is 0.202. The highest BCUT2D eigenvalue weighted by molar-refractivity contribution is 5.36. The number of nitriles is 1. The molecule has 1 aliphatic rings. The molecule has 0 radical (unpaired) electrons. The van der Waals surface area contributed by atoms with Gasteiger partial charge in [0.2, 0.25) is 0 Å². The summed E-state index contributed by atoms with van der Waals surface area (Å²) in [6, 6.07) is 2.42. The van der Waals surface area contributed by atoms with Gasteiger partial charge in [-0.15, -0.1) is 0 Å². The lowest BCUT2D eigenvalue weighted by molar-refractivity contribution is 0.334. The maximum atomic E-state index is 8.57. The van der Waals surface area contributed by atoms with Crippen LogP contribution in [-0.4, -0.2) is 6.04 Å². The van der Waals surface area contributed by atoms with Crippen LogP contribution in [0.4, 0.5) is 0 Å². The van der Waals surface area contributed by atoms with E-state index in [0.717, 1.165) is 0 Å². The smallest absolute Gasteiger partial charge is 0.101 e. The Hall–Kier alpha value is -1.23. The summed E-state index contributed by atoms with van der Waals surface area (Å²) in [6.45, 7) is 6.50. The topological polar surface area (TPSA) is 35.8 Å². The molecule has 0 amide bonds. The summed E-state index contributed by atoms with van der Waals surface area (Å²) in [7, 11) is 0. The molecule has 0 spiro atoms. The van der Waals surface area contributed by atoms with Crippen LogP contribution in [0.3, 0.4) is 0 Å². The van der Waals surface area contributed by atoms with Crippen molar-refractivity contribution in [1.82, 2.24) is 5.32 Å². The minimum absolute atomic E-state index is 0.202. The molecule has 2 nitrogen and oxygen atoms in total. The molecule has 0 aromatic rings. The third-order valence-corrected chi connectivity index (χ3v) is 1.95. The number of hydrogen-bond donors (Lipinski definition) is 1. The van der Waals surface area contributed by atoms with Gasteiger partial charge in [0.05, 0.1) is 5.57 Å². The standard InChI is InChI=1S/C10H14N2/c1-10(2,3)9-5-4-8(6-11)7-12-9/h4-5,7,9,12H,1-3H3. The molecule has 1 unspecified atom stereocenters. The fraction of sp³-hybridized carbons (Fsp3) is 0.500. The maximum Gasteiger partial charge on any atom is 0.101 e. The molecule has 0 fully saturated rings. The van der Waals surface area contributed by atoms with Crippen LogP contribution < -0.4 is 5.32 Å². The van der Waals surface area contributed by atoms with E-state index >= 15 is 0 Å². The fourth-order valence-electron chi connectivity index (χ4n) is 1.09. The third kappa shape index (κ3) is 1.88. The molecule has 1 rings (SSSR count). The van der Waals surface area contributed by atoms with E-state index in [1.165, 1.54) is 0 Å². The van der Waals surface area contributed by atoms with Gasteiger partial charge in [-0.2, -0.15) is 5.26 Å². The Bertz CT molecular complexity index is 261. The van der Waals surface area contributed by atoms with Gasteiger partial charge in [-0.25, -0.2) is 0 Å². The average molecular weight is 162 g/mol. The van der Waals surface area contributed by atoms with Crippen molar-refractivity contribution in [2.45, 2.75) is 26.8 Å². The first-order valence-electron chi connectivity index (χ1n) is 4.08. The highest BCUT2D eigenvalue weighted by atomic mass is 14.9. The molecule has 0 aliphatic carbocycles. The summed E-state index contributed by atoms with van der Waals surface area (Å²) >= 11 is 0. The Kier molecular flexibility index (Phi) is 2.23. The van der Waals surface area contributed by atoms with E-state index in [1.807, 2.05) is 12.2 Å². The van der Waals surface area contributed by atoms with Gasteiger partial charge >= 0.3 is 0 Å². The first-order valence-corrected chi connectivity index (χ1v) is 4.08. The quantitative estimate of drug-likeness (QED) is 0.591. The van der Waals surface area contributed by atoms with Crippen LogP contribution in [0.25, 0.3) is 0 Å². The van der Waals surface area contributed by atoms with E-state index in [0.29, 0.717) is 11.6 Å². The molecule has 0 bridgehead atoms. The molecule has 0 saturated heterocycles. The van der Waals surface area contributed by atoms with Crippen molar-refractivity contribution in [1.29, 1.82) is 5.26 Å². The van der Waals surface area contributed by atoms with Gasteiger partial charge in [0.15, 0.2) is 0 Å². The highest BCUT2D eigenvalue weighted by Crippen LogP contribution is 2.22. The van der Waals surface area contributed by atoms with Crippen LogP contribution in [0.1, 0.15) is 20.8 Å². The normalized spacial score (nSPS) is 22.5. The summed E-state index contributed by atoms with van der Waals surface area (Å²) in [5.74, 6) is 0. The first kappa shape index (κ1) is 8.86. The van der Waals surface area contributed by atoms with E-state index in [-0.39, 0.29) is 5.41 Å². The Balaban J connectivity index is 2.68. The van der Waals surface area contributed by atoms with Crippen molar-refractivity contribution < 1.29 is 0 Å². The van der Waals surface area contributed by atoms with Gasteiger partial charge in [-0.3, -0.25) is 0 Å². The molecule has 0 aromatic heterocycles. The Morgan fingerprint density at radius 3 is 2.50 bits per heavy atom. The molecule has 1 atom stereocenters. The van der Waals surface area contributed by atoms with Crippen LogP contribution in [0, 0.1) is 16.7 Å². The second kappa shape index (κ2) is 3.02. The molecule has 1 heterocycles. The Labute approximate surface area is 73.6 Å². The van der Waals surface area contributed by atoms with E-state index in [4.69, 9.17) is 5.26 Å². The monoisotopic (exact) mass is 162 g/mol. The fourth-order valence-corrected chi connectivity index (χ4v) is 1.09. The van der Waals surface area contributed by atoms with Crippen LogP contribution in [0.15, 0.2) is 23.9 Å². The number of nitrogens with one attached hydrogen (secondary N) is 1. The predicted octanol–water partition coefficient (Wildman–Crippen LogP) is 1.97. The number of allylic oxidation sites excluding steroid dienone is 2. The van der Waals surface area contributed by atoms with Crippen molar-refractivity contribution >= 4 is 0 Å². The molecule has 0 aromatic carbocycles. The lowest BCUT2D eigenvalue weighted by Crippen LogP contribution is -2.37. The second-order valence-corrected chi connectivity index (χ2v) is 4.08. The predicted molar refractivity (Wildman–Crippen MR) is 49.2 cm³/mol. The van der Waals surface area contributed by atoms with Crippen molar-refractivity contribution in [2.24, 2.45) is 5.41 Å². The number of dihydropyridines is 1. The number of rotatable bonds is 0. The minimum Gasteiger partial charge on any atom is -0.383 e. The lowest BCUT2D eigenvalue weighted by Gasteiger charge is -2.30. The van der Waals surface area contributed by atoms with Crippen LogP contribution >= 0.6 is 0 Å². The first-order chi connectivity index (χ1) is 5.54. The number of nitrogens with zero attached hydrogens (tertiary/aromatic N) is 1. The summed E-state index contributed by atoms with van der Waals surface area (Å²) < 4.78 is 0. The highest BCUT2D eigenvalue weighted by Gasteiger charge is 2.22. The van der Waals surface area contributed by atoms with Crippen molar-refractivity contribution in [2.75, 3.05) is 0 Å². The van der Waals surface area contributed by atoms with E-state index in [2.05, 4.69) is 32.2 Å². The SMILES string of the molecule is CC(C)(C)C1C=CC(C#N)=CN1. The molecule has 2 heteroatoms. The van der Waals surface area contributed by atoms with E-state index in [1.54, 1.807) is 6.20 Å². The Morgan fingerprint density at radius 1 is 1.50 bits per heavy atom. The third-order valence-electron chi connectivity index (χ3n) is 1.95. The summed E-state index contributed by atoms with van der Waals surface area (Å²) in [5.41, 5.74) is 0.893. The number of hydrogen-bond acceptors (Lipinski definition) is 2.